The third kappa shape index (κ3) is 4.71. The zero-order valence-electron chi connectivity index (χ0n) is 18.2. The average Bonchev–Trinajstić information content (AvgIpc) is 3.01. The molecule has 0 unspecified atom stereocenters. The van der Waals surface area contributed by atoms with E-state index in [0.29, 0.717) is 29.1 Å². The molecule has 0 saturated carbocycles. The number of thioether (sulfide) groups is 1. The van der Waals surface area contributed by atoms with E-state index in [-0.39, 0.29) is 34.8 Å². The second-order valence-electron chi connectivity index (χ2n) is 7.15. The van der Waals surface area contributed by atoms with E-state index in [0.717, 1.165) is 16.7 Å². The number of ether oxygens (including phenoxy) is 3. The van der Waals surface area contributed by atoms with Crippen molar-refractivity contribution in [1.82, 2.24) is 5.32 Å². The first-order chi connectivity index (χ1) is 15.3. The Kier molecular flexibility index (Phi) is 7.69. The van der Waals surface area contributed by atoms with Crippen LogP contribution in [0.1, 0.15) is 30.5 Å². The van der Waals surface area contributed by atoms with Crippen molar-refractivity contribution in [2.24, 2.45) is 0 Å². The van der Waals surface area contributed by atoms with Crippen molar-refractivity contribution < 1.29 is 23.8 Å². The normalized spacial score (nSPS) is 14.5. The van der Waals surface area contributed by atoms with Crippen LogP contribution >= 0.6 is 23.4 Å². The van der Waals surface area contributed by atoms with Crippen LogP contribution in [0.4, 0.5) is 0 Å². The Hall–Kier alpha value is -2.71. The maximum absolute atomic E-state index is 12.8. The van der Waals surface area contributed by atoms with Crippen molar-refractivity contribution in [3.8, 4) is 28.4 Å². The summed E-state index contributed by atoms with van der Waals surface area (Å²) in [6.07, 6.45) is 2.91. The first kappa shape index (κ1) is 23.9. The molecule has 0 heterocycles. The molecule has 1 aliphatic carbocycles. The number of amides is 1. The molecule has 0 spiro atoms. The summed E-state index contributed by atoms with van der Waals surface area (Å²) in [5, 5.41) is 2.95. The van der Waals surface area contributed by atoms with Crippen molar-refractivity contribution in [3.63, 3.8) is 0 Å². The summed E-state index contributed by atoms with van der Waals surface area (Å²) in [7, 11) is 2.95. The highest BCUT2D eigenvalue weighted by molar-refractivity contribution is 7.98. The Morgan fingerprint density at radius 2 is 1.91 bits per heavy atom. The van der Waals surface area contributed by atoms with Gasteiger partial charge in [0.25, 0.3) is 0 Å². The van der Waals surface area contributed by atoms with Crippen LogP contribution in [-0.2, 0) is 16.0 Å². The van der Waals surface area contributed by atoms with Crippen LogP contribution in [0, 0.1) is 0 Å². The van der Waals surface area contributed by atoms with Crippen molar-refractivity contribution in [1.29, 1.82) is 0 Å². The molecule has 2 aromatic carbocycles. The van der Waals surface area contributed by atoms with Gasteiger partial charge in [0.1, 0.15) is 5.88 Å². The molecule has 7 nitrogen and oxygen atoms in total. The quantitative estimate of drug-likeness (QED) is 0.293. The molecule has 32 heavy (non-hydrogen) atoms. The van der Waals surface area contributed by atoms with Crippen LogP contribution in [0.2, 0.25) is 0 Å². The van der Waals surface area contributed by atoms with Crippen LogP contribution in [0.3, 0.4) is 0 Å². The maximum atomic E-state index is 12.8. The molecule has 0 radical (unpaired) electrons. The first-order valence-corrected chi connectivity index (χ1v) is 11.6. The van der Waals surface area contributed by atoms with Gasteiger partial charge in [-0.25, -0.2) is 0 Å². The SMILES string of the molecule is COc1c(OC(=O)CCl)cc2c(c1OC)-c1ccc(SC)c(=O)cc1[C@@H](NC(C)=O)CC2. The van der Waals surface area contributed by atoms with Gasteiger partial charge in [-0.3, -0.25) is 14.4 Å². The van der Waals surface area contributed by atoms with Crippen LogP contribution < -0.4 is 25.0 Å². The third-order valence-electron chi connectivity index (χ3n) is 5.21. The van der Waals surface area contributed by atoms with Gasteiger partial charge in [0, 0.05) is 12.5 Å². The van der Waals surface area contributed by atoms with Crippen LogP contribution in [0.25, 0.3) is 11.1 Å². The third-order valence-corrected chi connectivity index (χ3v) is 6.21. The molecule has 9 heteroatoms. The lowest BCUT2D eigenvalue weighted by Gasteiger charge is -2.20. The van der Waals surface area contributed by atoms with E-state index in [1.807, 2.05) is 12.3 Å². The predicted molar refractivity (Wildman–Crippen MR) is 124 cm³/mol. The highest BCUT2D eigenvalue weighted by Gasteiger charge is 2.30. The van der Waals surface area contributed by atoms with Gasteiger partial charge in [0.2, 0.25) is 11.7 Å². The summed E-state index contributed by atoms with van der Waals surface area (Å²) in [6.45, 7) is 1.44. The van der Waals surface area contributed by atoms with E-state index >= 15 is 0 Å². The Labute approximate surface area is 195 Å². The summed E-state index contributed by atoms with van der Waals surface area (Å²) in [6, 6.07) is 6.54. The minimum absolute atomic E-state index is 0.129. The number of aryl methyl sites for hydroxylation is 1. The number of esters is 1. The molecule has 1 atom stereocenters. The van der Waals surface area contributed by atoms with E-state index in [1.165, 1.54) is 32.9 Å². The summed E-state index contributed by atoms with van der Waals surface area (Å²) in [5.41, 5.74) is 2.85. The first-order valence-electron chi connectivity index (χ1n) is 9.88. The van der Waals surface area contributed by atoms with Crippen LogP contribution in [-0.4, -0.2) is 38.2 Å². The molecule has 0 aromatic heterocycles. The summed E-state index contributed by atoms with van der Waals surface area (Å²) < 4.78 is 16.6. The minimum Gasteiger partial charge on any atom is -0.492 e. The number of carbonyl (C=O) groups excluding carboxylic acids is 2. The van der Waals surface area contributed by atoms with Gasteiger partial charge in [0.15, 0.2) is 16.9 Å². The number of rotatable bonds is 6. The zero-order chi connectivity index (χ0) is 23.4. The largest absolute Gasteiger partial charge is 0.492 e. The van der Waals surface area contributed by atoms with Gasteiger partial charge in [-0.1, -0.05) is 6.07 Å². The lowest BCUT2D eigenvalue weighted by molar-refractivity contribution is -0.131. The van der Waals surface area contributed by atoms with E-state index in [2.05, 4.69) is 5.32 Å². The average molecular weight is 478 g/mol. The zero-order valence-corrected chi connectivity index (χ0v) is 19.8. The molecule has 0 saturated heterocycles. The molecule has 170 valence electrons. The predicted octanol–water partition coefficient (Wildman–Crippen LogP) is 3.72. The summed E-state index contributed by atoms with van der Waals surface area (Å²) in [5.74, 6) is -0.316. The molecule has 0 bridgehead atoms. The van der Waals surface area contributed by atoms with Gasteiger partial charge in [-0.2, -0.15) is 0 Å². The molecular formula is C23H24ClNO6S. The van der Waals surface area contributed by atoms with Crippen LogP contribution in [0.15, 0.2) is 34.0 Å². The highest BCUT2D eigenvalue weighted by Crippen LogP contribution is 2.50. The Morgan fingerprint density at radius 1 is 1.19 bits per heavy atom. The summed E-state index contributed by atoms with van der Waals surface area (Å²) in [4.78, 5) is 37.2. The Bertz CT molecular complexity index is 1120. The number of nitrogens with one attached hydrogen (secondary N) is 1. The van der Waals surface area contributed by atoms with Gasteiger partial charge in [-0.15, -0.1) is 23.4 Å². The number of hydrogen-bond donors (Lipinski definition) is 1. The second-order valence-corrected chi connectivity index (χ2v) is 8.27. The number of halogens is 1. The van der Waals surface area contributed by atoms with Crippen molar-refractivity contribution >= 4 is 35.2 Å². The fourth-order valence-electron chi connectivity index (χ4n) is 3.94. The number of alkyl halides is 1. The molecule has 2 aromatic rings. The number of fused-ring (bicyclic) bond motifs is 3. The highest BCUT2D eigenvalue weighted by atomic mass is 35.5. The topological polar surface area (TPSA) is 90.9 Å². The van der Waals surface area contributed by atoms with Gasteiger partial charge < -0.3 is 19.5 Å². The van der Waals surface area contributed by atoms with E-state index in [1.54, 1.807) is 18.2 Å². The van der Waals surface area contributed by atoms with E-state index < -0.39 is 5.97 Å². The van der Waals surface area contributed by atoms with Crippen molar-refractivity contribution in [2.75, 3.05) is 26.4 Å². The van der Waals surface area contributed by atoms with Crippen molar-refractivity contribution in [2.45, 2.75) is 30.7 Å². The molecule has 0 fully saturated rings. The standard InChI is InChI=1S/C23H24ClNO6S/c1-12(26)25-16-7-5-13-9-18(31-20(28)11-24)22(29-2)23(30-3)21(13)14-6-8-19(32-4)17(27)10-15(14)16/h6,8-10,16H,5,7,11H2,1-4H3,(H,25,26)/t16-/m0/s1. The lowest BCUT2D eigenvalue weighted by Crippen LogP contribution is -2.26. The fraction of sp³-hybridized carbons (Fsp3) is 0.348. The molecule has 1 N–H and O–H groups in total. The van der Waals surface area contributed by atoms with E-state index in [4.69, 9.17) is 25.8 Å². The lowest BCUT2D eigenvalue weighted by atomic mass is 9.95. The Morgan fingerprint density at radius 3 is 2.50 bits per heavy atom. The molecule has 1 amide bonds. The van der Waals surface area contributed by atoms with Gasteiger partial charge in [0.05, 0.1) is 25.2 Å². The number of methoxy groups -OCH3 is 2. The minimum atomic E-state index is -0.621. The summed E-state index contributed by atoms with van der Waals surface area (Å²) >= 11 is 6.97. The van der Waals surface area contributed by atoms with E-state index in [9.17, 15) is 14.4 Å². The van der Waals surface area contributed by atoms with Crippen LogP contribution in [0.5, 0.6) is 17.2 Å². The smallest absolute Gasteiger partial charge is 0.326 e. The molecular weight excluding hydrogens is 454 g/mol. The fourth-order valence-corrected chi connectivity index (χ4v) is 4.45. The monoisotopic (exact) mass is 477 g/mol. The number of hydrogen-bond acceptors (Lipinski definition) is 7. The number of benzene rings is 1. The van der Waals surface area contributed by atoms with Crippen molar-refractivity contribution in [3.05, 3.63) is 45.6 Å². The van der Waals surface area contributed by atoms with Gasteiger partial charge in [-0.05, 0) is 54.0 Å². The number of carbonyl (C=O) groups is 2. The Balaban J connectivity index is 2.37. The molecule has 0 aliphatic heterocycles. The molecule has 3 rings (SSSR count). The van der Waals surface area contributed by atoms with Gasteiger partial charge >= 0.3 is 5.97 Å². The molecule has 1 aliphatic rings. The maximum Gasteiger partial charge on any atom is 0.326 e. The second kappa shape index (κ2) is 10.3.